The molecule has 0 spiro atoms. The quantitative estimate of drug-likeness (QED) is 0.463. The second kappa shape index (κ2) is 10.8. The summed E-state index contributed by atoms with van der Waals surface area (Å²) < 4.78 is 11.8. The number of anilines is 1. The zero-order valence-corrected chi connectivity index (χ0v) is 19.9. The van der Waals surface area contributed by atoms with Gasteiger partial charge < -0.3 is 20.1 Å². The van der Waals surface area contributed by atoms with Crippen LogP contribution in [0.15, 0.2) is 42.5 Å². The number of methoxy groups -OCH3 is 1. The molecule has 0 fully saturated rings. The summed E-state index contributed by atoms with van der Waals surface area (Å²) in [6.07, 6.45) is 5.77. The van der Waals surface area contributed by atoms with E-state index in [-0.39, 0.29) is 0 Å². The average molecular weight is 452 g/mol. The number of aryl methyl sites for hydroxylation is 3. The molecule has 0 saturated heterocycles. The molecular formula is C26H33N3O2S. The third-order valence-corrected chi connectivity index (χ3v) is 7.21. The van der Waals surface area contributed by atoms with Gasteiger partial charge in [0.05, 0.1) is 12.8 Å². The van der Waals surface area contributed by atoms with Gasteiger partial charge >= 0.3 is 0 Å². The number of aromatic nitrogens is 1. The van der Waals surface area contributed by atoms with E-state index in [1.165, 1.54) is 34.5 Å². The van der Waals surface area contributed by atoms with E-state index in [1.807, 2.05) is 17.4 Å². The first kappa shape index (κ1) is 22.6. The number of fused-ring (bicyclic) bond motifs is 1. The molecule has 3 aromatic rings. The summed E-state index contributed by atoms with van der Waals surface area (Å²) in [5, 5.41) is 1.08. The van der Waals surface area contributed by atoms with Gasteiger partial charge in [0.2, 0.25) is 0 Å². The summed E-state index contributed by atoms with van der Waals surface area (Å²) in [5.74, 6) is 1.51. The molecule has 0 radical (unpaired) electrons. The van der Waals surface area contributed by atoms with Gasteiger partial charge in [-0.05, 0) is 60.9 Å². The molecule has 0 amide bonds. The molecule has 0 saturated carbocycles. The van der Waals surface area contributed by atoms with Crippen LogP contribution in [0, 0.1) is 0 Å². The maximum absolute atomic E-state index is 6.13. The van der Waals surface area contributed by atoms with E-state index in [2.05, 4.69) is 48.2 Å². The lowest BCUT2D eigenvalue weighted by Crippen LogP contribution is -2.28. The van der Waals surface area contributed by atoms with Crippen LogP contribution in [0.1, 0.15) is 47.0 Å². The summed E-state index contributed by atoms with van der Waals surface area (Å²) >= 11 is 1.83. The van der Waals surface area contributed by atoms with E-state index in [1.54, 1.807) is 7.11 Å². The highest BCUT2D eigenvalue weighted by molar-refractivity contribution is 7.15. The van der Waals surface area contributed by atoms with Crippen molar-refractivity contribution < 1.29 is 9.47 Å². The standard InChI is InChI=1S/C26H33N3O2S/c1-3-20-8-4-5-9-21(20)18-31-23-13-12-19(16-24(23)30-2)17-29(15-14-27)26-28-22-10-6-7-11-25(22)32-26/h4-5,8-9,12-13,16H,3,6-7,10-11,14-15,17-18,27H2,1-2H3. The van der Waals surface area contributed by atoms with Gasteiger partial charge in [0, 0.05) is 24.5 Å². The van der Waals surface area contributed by atoms with Crippen molar-refractivity contribution in [2.45, 2.75) is 52.2 Å². The maximum Gasteiger partial charge on any atom is 0.186 e. The number of hydrogen-bond acceptors (Lipinski definition) is 6. The Morgan fingerprint density at radius 3 is 2.62 bits per heavy atom. The lowest BCUT2D eigenvalue weighted by Gasteiger charge is -2.22. The fourth-order valence-electron chi connectivity index (χ4n) is 4.22. The molecule has 5 nitrogen and oxygen atoms in total. The molecule has 1 aliphatic carbocycles. The van der Waals surface area contributed by atoms with Gasteiger partial charge in [0.15, 0.2) is 16.6 Å². The van der Waals surface area contributed by atoms with E-state index >= 15 is 0 Å². The largest absolute Gasteiger partial charge is 0.493 e. The maximum atomic E-state index is 6.13. The number of nitrogens with two attached hydrogens (primary N) is 1. The van der Waals surface area contributed by atoms with Crippen LogP contribution in [0.3, 0.4) is 0 Å². The summed E-state index contributed by atoms with van der Waals surface area (Å²) in [4.78, 5) is 8.67. The first-order chi connectivity index (χ1) is 15.7. The van der Waals surface area contributed by atoms with Crippen LogP contribution < -0.4 is 20.1 Å². The summed E-state index contributed by atoms with van der Waals surface area (Å²) in [6, 6.07) is 14.6. The molecule has 2 aromatic carbocycles. The molecule has 2 N–H and O–H groups in total. The minimum absolute atomic E-state index is 0.531. The van der Waals surface area contributed by atoms with Crippen LogP contribution in [-0.4, -0.2) is 25.2 Å². The molecule has 6 heteroatoms. The van der Waals surface area contributed by atoms with E-state index in [0.717, 1.165) is 54.5 Å². The van der Waals surface area contributed by atoms with Gasteiger partial charge in [-0.2, -0.15) is 0 Å². The van der Waals surface area contributed by atoms with Crippen LogP contribution in [-0.2, 0) is 32.4 Å². The molecule has 1 aromatic heterocycles. The monoisotopic (exact) mass is 451 g/mol. The van der Waals surface area contributed by atoms with E-state index in [4.69, 9.17) is 20.2 Å². The SMILES string of the molecule is CCc1ccccc1COc1ccc(CN(CCN)c2nc3c(s2)CCCC3)cc1OC. The zero-order valence-electron chi connectivity index (χ0n) is 19.1. The second-order valence-electron chi connectivity index (χ2n) is 8.18. The van der Waals surface area contributed by atoms with Gasteiger partial charge in [0.25, 0.3) is 0 Å². The van der Waals surface area contributed by atoms with Crippen LogP contribution in [0.5, 0.6) is 11.5 Å². The van der Waals surface area contributed by atoms with E-state index in [9.17, 15) is 0 Å². The van der Waals surface area contributed by atoms with E-state index < -0.39 is 0 Å². The highest BCUT2D eigenvalue weighted by Gasteiger charge is 2.19. The van der Waals surface area contributed by atoms with Crippen molar-refractivity contribution in [2.24, 2.45) is 5.73 Å². The highest BCUT2D eigenvalue weighted by Crippen LogP contribution is 2.34. The number of nitrogens with zero attached hydrogens (tertiary/aromatic N) is 2. The predicted molar refractivity (Wildman–Crippen MR) is 132 cm³/mol. The molecule has 0 atom stereocenters. The van der Waals surface area contributed by atoms with Crippen LogP contribution in [0.2, 0.25) is 0 Å². The normalized spacial score (nSPS) is 13.0. The Hall–Kier alpha value is -2.57. The molecule has 1 heterocycles. The molecular weight excluding hydrogens is 418 g/mol. The number of ether oxygens (including phenoxy) is 2. The molecule has 0 bridgehead atoms. The minimum atomic E-state index is 0.531. The van der Waals surface area contributed by atoms with Crippen LogP contribution in [0.4, 0.5) is 5.13 Å². The Kier molecular flexibility index (Phi) is 7.66. The molecule has 32 heavy (non-hydrogen) atoms. The first-order valence-electron chi connectivity index (χ1n) is 11.5. The number of thiazole rings is 1. The molecule has 4 rings (SSSR count). The van der Waals surface area contributed by atoms with Gasteiger partial charge in [-0.3, -0.25) is 0 Å². The molecule has 1 aliphatic rings. The summed E-state index contributed by atoms with van der Waals surface area (Å²) in [7, 11) is 1.69. The Labute approximate surface area is 195 Å². The Morgan fingerprint density at radius 2 is 1.88 bits per heavy atom. The zero-order chi connectivity index (χ0) is 22.3. The smallest absolute Gasteiger partial charge is 0.186 e. The number of benzene rings is 2. The summed E-state index contributed by atoms with van der Waals surface area (Å²) in [5.41, 5.74) is 10.9. The fraction of sp³-hybridized carbons (Fsp3) is 0.423. The van der Waals surface area contributed by atoms with Crippen molar-refractivity contribution >= 4 is 16.5 Å². The second-order valence-corrected chi connectivity index (χ2v) is 9.24. The average Bonchev–Trinajstić information content (AvgIpc) is 3.27. The molecule has 170 valence electrons. The van der Waals surface area contributed by atoms with Crippen molar-refractivity contribution in [1.82, 2.24) is 4.98 Å². The van der Waals surface area contributed by atoms with Gasteiger partial charge in [0.1, 0.15) is 6.61 Å². The van der Waals surface area contributed by atoms with Gasteiger partial charge in [-0.1, -0.05) is 37.3 Å². The Balaban J connectivity index is 1.49. The third-order valence-electron chi connectivity index (χ3n) is 5.99. The molecule has 0 aliphatic heterocycles. The van der Waals surface area contributed by atoms with E-state index in [0.29, 0.717) is 13.2 Å². The van der Waals surface area contributed by atoms with Crippen LogP contribution >= 0.6 is 11.3 Å². The van der Waals surface area contributed by atoms with Crippen molar-refractivity contribution in [2.75, 3.05) is 25.1 Å². The predicted octanol–water partition coefficient (Wildman–Crippen LogP) is 5.14. The van der Waals surface area contributed by atoms with Crippen molar-refractivity contribution in [3.05, 3.63) is 69.7 Å². The highest BCUT2D eigenvalue weighted by atomic mass is 32.1. The van der Waals surface area contributed by atoms with Gasteiger partial charge in [-0.15, -0.1) is 11.3 Å². The summed E-state index contributed by atoms with van der Waals surface area (Å²) in [6.45, 7) is 4.82. The van der Waals surface area contributed by atoms with Crippen molar-refractivity contribution in [3.63, 3.8) is 0 Å². The topological polar surface area (TPSA) is 60.6 Å². The third kappa shape index (κ3) is 5.25. The van der Waals surface area contributed by atoms with Crippen molar-refractivity contribution in [1.29, 1.82) is 0 Å². The lowest BCUT2D eigenvalue weighted by atomic mass is 10.0. The first-order valence-corrected chi connectivity index (χ1v) is 12.3. The van der Waals surface area contributed by atoms with Crippen LogP contribution in [0.25, 0.3) is 0 Å². The number of hydrogen-bond donors (Lipinski definition) is 1. The molecule has 0 unspecified atom stereocenters. The Morgan fingerprint density at radius 1 is 1.06 bits per heavy atom. The fourth-order valence-corrected chi connectivity index (χ4v) is 5.39. The van der Waals surface area contributed by atoms with Gasteiger partial charge in [-0.25, -0.2) is 4.98 Å². The minimum Gasteiger partial charge on any atom is -0.493 e. The lowest BCUT2D eigenvalue weighted by molar-refractivity contribution is 0.283. The van der Waals surface area contributed by atoms with Crippen molar-refractivity contribution in [3.8, 4) is 11.5 Å². The Bertz CT molecular complexity index is 1010. The number of rotatable bonds is 10.